The number of rotatable bonds is 6. The summed E-state index contributed by atoms with van der Waals surface area (Å²) in [6.45, 7) is 14.3. The first kappa shape index (κ1) is 31.9. The van der Waals surface area contributed by atoms with Crippen LogP contribution < -0.4 is 25.7 Å². The molecule has 3 aromatic heterocycles. The van der Waals surface area contributed by atoms with E-state index in [0.717, 1.165) is 56.5 Å². The average molecular weight is 601 g/mol. The molecule has 0 aromatic carbocycles. The van der Waals surface area contributed by atoms with E-state index >= 15 is 0 Å². The number of Topliss-reactive ketones (excluding diaryl/α,β-unsaturated/α-hetero) is 1. The molecule has 3 aromatic rings. The molecule has 6 rings (SSSR count). The van der Waals surface area contributed by atoms with Gasteiger partial charge < -0.3 is 30.1 Å². The van der Waals surface area contributed by atoms with Crippen LogP contribution in [-0.4, -0.2) is 53.6 Å². The van der Waals surface area contributed by atoms with Crippen molar-refractivity contribution in [1.82, 2.24) is 15.0 Å². The Morgan fingerprint density at radius 3 is 2.39 bits per heavy atom. The maximum atomic E-state index is 14.0. The molecule has 0 radical (unpaired) electrons. The Morgan fingerprint density at radius 2 is 1.73 bits per heavy atom. The summed E-state index contributed by atoms with van der Waals surface area (Å²) in [6.07, 6.45) is 9.75. The Labute approximate surface area is 273 Å². The molecule has 1 aliphatic carbocycles. The third kappa shape index (κ3) is 4.76. The van der Waals surface area contributed by atoms with Crippen molar-refractivity contribution in [2.45, 2.75) is 53.9 Å². The molecule has 9 heteroatoms. The Morgan fingerprint density at radius 1 is 1.02 bits per heavy atom. The maximum absolute atomic E-state index is 14.0. The third-order valence-electron chi connectivity index (χ3n) is 9.42. The van der Waals surface area contributed by atoms with E-state index in [1.807, 2.05) is 38.2 Å². The molecule has 224 valence electrons. The molecule has 1 fully saturated rings. The fraction of sp³-hybridized carbons (Fsp3) is 0.371. The second kappa shape index (κ2) is 12.1. The molecule has 1 saturated heterocycles. The van der Waals surface area contributed by atoms with E-state index in [2.05, 4.69) is 27.4 Å². The number of aromatic nitrogens is 3. The van der Waals surface area contributed by atoms with Crippen molar-refractivity contribution < 1.29 is 19.4 Å². The predicted molar refractivity (Wildman–Crippen MR) is 172 cm³/mol. The van der Waals surface area contributed by atoms with Crippen molar-refractivity contribution in [3.63, 3.8) is 0 Å². The number of carbonyl (C=O) groups excluding carboxylic acids is 2. The van der Waals surface area contributed by atoms with Crippen LogP contribution in [0.4, 0.5) is 0 Å². The summed E-state index contributed by atoms with van der Waals surface area (Å²) in [6, 6.07) is 0. The molecule has 8 bridgehead atoms. The second-order valence-corrected chi connectivity index (χ2v) is 11.7. The number of aliphatic hydroxyl groups excluding tert-OH is 1. The van der Waals surface area contributed by atoms with Gasteiger partial charge in [-0.2, -0.15) is 11.4 Å². The number of hydrogen-bond acceptors (Lipinski definition) is 4. The molecular weight excluding hydrogens is 565 g/mol. The Balaban J connectivity index is 0.00000384. The van der Waals surface area contributed by atoms with Crippen LogP contribution in [0.2, 0.25) is 0 Å². The standard InChI is InChI=1S/C35H37N4O4.Mg/c1-8-20-16(3)23-13-25-18(5)22(11-10-12-40)32(38-25)30-31(35(42)43-7)34(41)29-19(6)26(39-33(29)30)15-28-21(9-2)17(4)24(37-28)14-27(20)36-23;/h8,13-15,18,22,31,40H,1,9-12H2,2-7H3,(H-,38,39,41);/q-3;+2/p-1/b24-14-,25-13-,28-15-;/t18-,22-,31+;/m0./s1. The van der Waals surface area contributed by atoms with E-state index in [4.69, 9.17) is 25.0 Å². The first-order valence-electron chi connectivity index (χ1n) is 14.9. The van der Waals surface area contributed by atoms with Gasteiger partial charge in [0.2, 0.25) is 0 Å². The minimum atomic E-state index is -1.14. The number of methoxy groups -OCH3 is 1. The summed E-state index contributed by atoms with van der Waals surface area (Å²) in [4.78, 5) is 42.2. The number of ketones is 1. The molecule has 0 saturated carbocycles. The van der Waals surface area contributed by atoms with Crippen LogP contribution >= 0.6 is 0 Å². The minimum absolute atomic E-state index is 0. The number of carbonyl (C=O) groups is 2. The van der Waals surface area contributed by atoms with Gasteiger partial charge in [-0.25, -0.2) is 0 Å². The Bertz CT molecular complexity index is 1880. The molecule has 44 heavy (non-hydrogen) atoms. The first-order valence-corrected chi connectivity index (χ1v) is 14.9. The molecule has 0 amide bonds. The van der Waals surface area contributed by atoms with Crippen molar-refractivity contribution in [2.24, 2.45) is 17.8 Å². The van der Waals surface area contributed by atoms with Crippen LogP contribution in [0.25, 0.3) is 35.2 Å². The van der Waals surface area contributed by atoms with E-state index < -0.39 is 11.9 Å². The topological polar surface area (TPSA) is 120 Å². The van der Waals surface area contributed by atoms with Crippen LogP contribution in [0.15, 0.2) is 18.0 Å². The van der Waals surface area contributed by atoms with Gasteiger partial charge in [0.1, 0.15) is 5.92 Å². The summed E-state index contributed by atoms with van der Waals surface area (Å²) in [5.41, 5.74) is 9.95. The van der Waals surface area contributed by atoms with Gasteiger partial charge in [-0.15, -0.1) is 33.5 Å². The monoisotopic (exact) mass is 600 g/mol. The number of esters is 1. The van der Waals surface area contributed by atoms with Crippen molar-refractivity contribution in [3.05, 3.63) is 90.1 Å². The van der Waals surface area contributed by atoms with Crippen molar-refractivity contribution >= 4 is 64.7 Å². The van der Waals surface area contributed by atoms with E-state index in [0.29, 0.717) is 46.6 Å². The van der Waals surface area contributed by atoms with Gasteiger partial charge in [-0.3, -0.25) is 9.59 Å². The number of ether oxygens (including phenoxy) is 1. The third-order valence-corrected chi connectivity index (χ3v) is 9.42. The molecule has 5 heterocycles. The van der Waals surface area contributed by atoms with Crippen molar-refractivity contribution in [1.29, 1.82) is 0 Å². The normalized spacial score (nSPS) is 24.4. The zero-order valence-electron chi connectivity index (χ0n) is 26.2. The average Bonchev–Trinajstić information content (AvgIpc) is 3.72. The molecule has 8 nitrogen and oxygen atoms in total. The van der Waals surface area contributed by atoms with Crippen LogP contribution in [0.3, 0.4) is 0 Å². The quantitative estimate of drug-likeness (QED) is 0.261. The van der Waals surface area contributed by atoms with Gasteiger partial charge in [0.05, 0.1) is 7.11 Å². The van der Waals surface area contributed by atoms with Crippen LogP contribution in [-0.2, 0) is 16.0 Å². The number of fused-ring (bicyclic) bond motifs is 7. The van der Waals surface area contributed by atoms with Gasteiger partial charge in [-0.1, -0.05) is 72.6 Å². The van der Waals surface area contributed by atoms with Gasteiger partial charge in [0.15, 0.2) is 5.78 Å². The molecule has 0 unspecified atom stereocenters. The second-order valence-electron chi connectivity index (χ2n) is 11.7. The van der Waals surface area contributed by atoms with E-state index in [-0.39, 0.29) is 47.3 Å². The fourth-order valence-electron chi connectivity index (χ4n) is 6.96. The number of hydrogen-bond donors (Lipinski definition) is 1. The van der Waals surface area contributed by atoms with Gasteiger partial charge in [-0.05, 0) is 57.4 Å². The Hall–Kier alpha value is -3.53. The predicted octanol–water partition coefficient (Wildman–Crippen LogP) is 3.43. The Kier molecular flexibility index (Phi) is 8.77. The molecule has 0 spiro atoms. The van der Waals surface area contributed by atoms with E-state index in [1.54, 1.807) is 0 Å². The summed E-state index contributed by atoms with van der Waals surface area (Å²) in [5, 5.41) is 16.5. The smallest absolute Gasteiger partial charge is 0.664 e. The largest absolute Gasteiger partial charge is 2.00 e. The van der Waals surface area contributed by atoms with E-state index in [1.165, 1.54) is 7.11 Å². The first-order chi connectivity index (χ1) is 20.6. The summed E-state index contributed by atoms with van der Waals surface area (Å²) >= 11 is 0. The number of allylic oxidation sites excluding steroid dienone is 2. The van der Waals surface area contributed by atoms with E-state index in [9.17, 15) is 14.7 Å². The van der Waals surface area contributed by atoms with Crippen LogP contribution in [0.5, 0.6) is 0 Å². The summed E-state index contributed by atoms with van der Waals surface area (Å²) < 4.78 is 5.15. The van der Waals surface area contributed by atoms with Crippen LogP contribution in [0.1, 0.15) is 87.6 Å². The summed E-state index contributed by atoms with van der Waals surface area (Å²) in [5.74, 6) is -2.26. The van der Waals surface area contributed by atoms with Crippen molar-refractivity contribution in [3.8, 4) is 0 Å². The molecule has 3 aliphatic rings. The zero-order valence-corrected chi connectivity index (χ0v) is 27.7. The van der Waals surface area contributed by atoms with Gasteiger partial charge in [0, 0.05) is 12.2 Å². The molecule has 3 atom stereocenters. The molecule has 2 aliphatic heterocycles. The molecule has 1 N–H and O–H groups in total. The molecular formula is C35H36MgN4O4-2. The van der Waals surface area contributed by atoms with Crippen molar-refractivity contribution in [2.75, 3.05) is 13.7 Å². The number of nitrogens with zero attached hydrogens (tertiary/aromatic N) is 4. The number of aliphatic hydroxyl groups is 1. The fourth-order valence-corrected chi connectivity index (χ4v) is 6.96. The van der Waals surface area contributed by atoms with Gasteiger partial charge in [0.25, 0.3) is 0 Å². The SMILES string of the molecule is C=Cc1c2[n-]c(c1C)/C=C1\[N-]/C(=C3\c4[n-]c(c(C)c4C(=O)[C@@H]3C(=O)OC)/C=c3\[n-]/c(c(C)c3CC)=C\2)[C@@H](CCCO)[C@@H]1C.[Mg+2]. The zero-order chi connectivity index (χ0) is 30.7. The minimum Gasteiger partial charge on any atom is -0.664 e. The summed E-state index contributed by atoms with van der Waals surface area (Å²) in [7, 11) is 1.30. The van der Waals surface area contributed by atoms with Crippen LogP contribution in [0, 0.1) is 38.5 Å². The maximum Gasteiger partial charge on any atom is 2.00 e. The van der Waals surface area contributed by atoms with Gasteiger partial charge >= 0.3 is 29.0 Å².